The number of ether oxygens (including phenoxy) is 1. The number of fused-ring (bicyclic) bond motifs is 1. The first kappa shape index (κ1) is 27.6. The minimum atomic E-state index is -4.86. The van der Waals surface area contributed by atoms with Crippen LogP contribution in [0.1, 0.15) is 30.5 Å². The molecule has 5 rings (SSSR count). The summed E-state index contributed by atoms with van der Waals surface area (Å²) >= 11 is 13.9. The van der Waals surface area contributed by atoms with Crippen molar-refractivity contribution >= 4 is 56.5 Å². The number of nitrogens with zero attached hydrogens (tertiary/aromatic N) is 4. The van der Waals surface area contributed by atoms with Crippen molar-refractivity contribution in [2.75, 3.05) is 17.2 Å². The van der Waals surface area contributed by atoms with Gasteiger partial charge in [0, 0.05) is 31.0 Å². The SMILES string of the molecule is Cc1nc(NCc2c(Cl)cc(OC(F)(F)F)cc2Cl)nc(NC2CCC(CO)C2)c1-c1nc2cnccc2s1. The number of hydrogen-bond donors (Lipinski definition) is 3. The summed E-state index contributed by atoms with van der Waals surface area (Å²) in [5.41, 5.74) is 2.57. The molecule has 3 heterocycles. The van der Waals surface area contributed by atoms with Crippen molar-refractivity contribution in [3.05, 3.63) is 51.9 Å². The molecule has 0 saturated heterocycles. The lowest BCUT2D eigenvalue weighted by Gasteiger charge is -2.19. The molecule has 2 unspecified atom stereocenters. The summed E-state index contributed by atoms with van der Waals surface area (Å²) in [4.78, 5) is 18.2. The van der Waals surface area contributed by atoms with E-state index in [2.05, 4.69) is 25.3 Å². The van der Waals surface area contributed by atoms with Crippen LogP contribution in [0.15, 0.2) is 30.6 Å². The summed E-state index contributed by atoms with van der Waals surface area (Å²) in [6.07, 6.45) is 1.16. The van der Waals surface area contributed by atoms with Crippen LogP contribution in [-0.4, -0.2) is 44.1 Å². The Labute approximate surface area is 235 Å². The van der Waals surface area contributed by atoms with E-state index in [1.807, 2.05) is 13.0 Å². The van der Waals surface area contributed by atoms with Crippen molar-refractivity contribution in [3.63, 3.8) is 0 Å². The first-order chi connectivity index (χ1) is 18.6. The summed E-state index contributed by atoms with van der Waals surface area (Å²) in [6, 6.07) is 4.13. The Morgan fingerprint density at radius 1 is 1.15 bits per heavy atom. The van der Waals surface area contributed by atoms with Gasteiger partial charge in [0.15, 0.2) is 0 Å². The molecule has 14 heteroatoms. The van der Waals surface area contributed by atoms with Gasteiger partial charge in [0.1, 0.15) is 22.1 Å². The van der Waals surface area contributed by atoms with Crippen molar-refractivity contribution in [2.45, 2.75) is 45.1 Å². The van der Waals surface area contributed by atoms with Crippen LogP contribution in [0.25, 0.3) is 20.8 Å². The van der Waals surface area contributed by atoms with E-state index < -0.39 is 12.1 Å². The molecule has 1 aromatic carbocycles. The number of nitrogens with one attached hydrogen (secondary N) is 2. The highest BCUT2D eigenvalue weighted by molar-refractivity contribution is 7.21. The van der Waals surface area contributed by atoms with Crippen molar-refractivity contribution in [1.82, 2.24) is 19.9 Å². The van der Waals surface area contributed by atoms with Crippen LogP contribution in [0, 0.1) is 12.8 Å². The van der Waals surface area contributed by atoms with Gasteiger partial charge >= 0.3 is 6.36 Å². The first-order valence-corrected chi connectivity index (χ1v) is 13.6. The molecule has 3 N–H and O–H groups in total. The number of aliphatic hydroxyl groups excluding tert-OH is 1. The molecule has 3 aromatic heterocycles. The highest BCUT2D eigenvalue weighted by atomic mass is 35.5. The van der Waals surface area contributed by atoms with E-state index in [9.17, 15) is 18.3 Å². The molecular weight excluding hydrogens is 576 g/mol. The second-order valence-corrected chi connectivity index (χ2v) is 11.0. The zero-order valence-corrected chi connectivity index (χ0v) is 22.8. The normalized spacial score (nSPS) is 17.5. The van der Waals surface area contributed by atoms with Gasteiger partial charge in [-0.05, 0) is 50.3 Å². The number of aryl methyl sites for hydroxylation is 1. The topological polar surface area (TPSA) is 105 Å². The molecule has 4 aromatic rings. The number of aromatic nitrogens is 4. The van der Waals surface area contributed by atoms with Gasteiger partial charge in [-0.1, -0.05) is 23.2 Å². The third-order valence-corrected chi connectivity index (χ3v) is 8.13. The van der Waals surface area contributed by atoms with Crippen LogP contribution in [0.5, 0.6) is 5.75 Å². The Morgan fingerprint density at radius 3 is 2.59 bits per heavy atom. The summed E-state index contributed by atoms with van der Waals surface area (Å²) in [7, 11) is 0. The molecule has 0 radical (unpaired) electrons. The second kappa shape index (κ2) is 11.3. The number of alkyl halides is 3. The fourth-order valence-corrected chi connectivity index (χ4v) is 6.20. The molecule has 1 aliphatic carbocycles. The third kappa shape index (κ3) is 6.46. The lowest BCUT2D eigenvalue weighted by atomic mass is 10.1. The van der Waals surface area contributed by atoms with Crippen molar-refractivity contribution in [3.8, 4) is 16.3 Å². The number of halogens is 5. The van der Waals surface area contributed by atoms with Gasteiger partial charge in [-0.3, -0.25) is 4.98 Å². The molecule has 1 saturated carbocycles. The molecule has 8 nitrogen and oxygen atoms in total. The van der Waals surface area contributed by atoms with E-state index in [1.165, 1.54) is 11.3 Å². The molecule has 39 heavy (non-hydrogen) atoms. The fraction of sp³-hybridized carbons (Fsp3) is 0.360. The molecular formula is C25H23Cl2F3N6O2S. The Balaban J connectivity index is 1.44. The molecule has 1 aliphatic rings. The lowest BCUT2D eigenvalue weighted by Crippen LogP contribution is -2.19. The summed E-state index contributed by atoms with van der Waals surface area (Å²) in [6.45, 7) is 2.05. The van der Waals surface area contributed by atoms with E-state index in [0.29, 0.717) is 17.1 Å². The monoisotopic (exact) mass is 598 g/mol. The molecule has 2 atom stereocenters. The van der Waals surface area contributed by atoms with Gasteiger partial charge in [-0.2, -0.15) is 4.98 Å². The lowest BCUT2D eigenvalue weighted by molar-refractivity contribution is -0.274. The maximum atomic E-state index is 12.6. The highest BCUT2D eigenvalue weighted by Crippen LogP contribution is 2.38. The minimum absolute atomic E-state index is 0.00465. The molecule has 0 bridgehead atoms. The predicted molar refractivity (Wildman–Crippen MR) is 145 cm³/mol. The average Bonchev–Trinajstić information content (AvgIpc) is 3.49. The maximum Gasteiger partial charge on any atom is 0.573 e. The van der Waals surface area contributed by atoms with E-state index in [1.54, 1.807) is 12.4 Å². The number of hydrogen-bond acceptors (Lipinski definition) is 9. The Morgan fingerprint density at radius 2 is 1.92 bits per heavy atom. The Hall–Kier alpha value is -2.93. The Bertz CT molecular complexity index is 1450. The van der Waals surface area contributed by atoms with Gasteiger partial charge in [-0.15, -0.1) is 24.5 Å². The number of benzene rings is 1. The van der Waals surface area contributed by atoms with E-state index in [-0.39, 0.29) is 41.1 Å². The predicted octanol–water partition coefficient (Wildman–Crippen LogP) is 6.85. The first-order valence-electron chi connectivity index (χ1n) is 12.0. The van der Waals surface area contributed by atoms with Crippen molar-refractivity contribution < 1.29 is 23.0 Å². The number of aliphatic hydroxyl groups is 1. The van der Waals surface area contributed by atoms with Crippen LogP contribution < -0.4 is 15.4 Å². The number of pyridine rings is 1. The van der Waals surface area contributed by atoms with Crippen LogP contribution in [-0.2, 0) is 6.54 Å². The standard InChI is InChI=1S/C25H23Cl2F3N6O2S/c1-12-21(23-35-19-10-31-5-4-20(19)39-23)22(34-14-3-2-13(6-14)11-37)36-24(33-12)32-9-16-17(26)7-15(8-18(16)27)38-25(28,29)30/h4-5,7-8,10,13-14,37H,2-3,6,9,11H2,1H3,(H2,32,33,34,36). The van der Waals surface area contributed by atoms with E-state index in [4.69, 9.17) is 33.2 Å². The second-order valence-electron chi connectivity index (χ2n) is 9.19. The zero-order chi connectivity index (χ0) is 27.7. The van der Waals surface area contributed by atoms with Gasteiger partial charge in [-0.25, -0.2) is 9.97 Å². The molecule has 0 spiro atoms. The largest absolute Gasteiger partial charge is 0.573 e. The quantitative estimate of drug-likeness (QED) is 0.202. The zero-order valence-electron chi connectivity index (χ0n) is 20.5. The van der Waals surface area contributed by atoms with Crippen LogP contribution in [0.2, 0.25) is 10.0 Å². The molecule has 0 aliphatic heterocycles. The van der Waals surface area contributed by atoms with Crippen LogP contribution >= 0.6 is 34.5 Å². The smallest absolute Gasteiger partial charge is 0.406 e. The molecule has 0 amide bonds. The van der Waals surface area contributed by atoms with Crippen molar-refractivity contribution in [1.29, 1.82) is 0 Å². The van der Waals surface area contributed by atoms with Gasteiger partial charge in [0.2, 0.25) is 5.95 Å². The van der Waals surface area contributed by atoms with Crippen molar-refractivity contribution in [2.24, 2.45) is 5.92 Å². The number of rotatable bonds is 8. The third-order valence-electron chi connectivity index (χ3n) is 6.41. The van der Waals surface area contributed by atoms with Crippen LogP contribution in [0.4, 0.5) is 24.9 Å². The Kier molecular flexibility index (Phi) is 7.99. The van der Waals surface area contributed by atoms with Gasteiger partial charge in [0.25, 0.3) is 0 Å². The molecule has 206 valence electrons. The number of anilines is 2. The van der Waals surface area contributed by atoms with Crippen LogP contribution in [0.3, 0.4) is 0 Å². The summed E-state index contributed by atoms with van der Waals surface area (Å²) in [5, 5.41) is 16.9. The van der Waals surface area contributed by atoms with E-state index >= 15 is 0 Å². The average molecular weight is 599 g/mol. The summed E-state index contributed by atoms with van der Waals surface area (Å²) < 4.78 is 42.7. The van der Waals surface area contributed by atoms with Gasteiger partial charge < -0.3 is 20.5 Å². The maximum absolute atomic E-state index is 12.6. The fourth-order valence-electron chi connectivity index (χ4n) is 4.57. The minimum Gasteiger partial charge on any atom is -0.406 e. The summed E-state index contributed by atoms with van der Waals surface area (Å²) in [5.74, 6) is 0.592. The van der Waals surface area contributed by atoms with Gasteiger partial charge in [0.05, 0.1) is 32.2 Å². The van der Waals surface area contributed by atoms with E-state index in [0.717, 1.165) is 52.2 Å². The highest BCUT2D eigenvalue weighted by Gasteiger charge is 2.32. The number of thiazole rings is 1. The molecule has 1 fully saturated rings.